The summed E-state index contributed by atoms with van der Waals surface area (Å²) in [6.45, 7) is 1.27. The molecule has 0 radical (unpaired) electrons. The van der Waals surface area contributed by atoms with Gasteiger partial charge in [-0.25, -0.2) is 0 Å². The molecule has 1 N–H and O–H groups in total. The van der Waals surface area contributed by atoms with Gasteiger partial charge >= 0.3 is 5.97 Å². The third kappa shape index (κ3) is 3.07. The highest BCUT2D eigenvalue weighted by molar-refractivity contribution is 5.73. The normalized spacial score (nSPS) is 23.0. The van der Waals surface area contributed by atoms with Gasteiger partial charge in [0.2, 0.25) is 0 Å². The molecule has 86 valence electrons. The number of hydrogen-bond donors (Lipinski definition) is 1. The molecule has 0 saturated heterocycles. The van der Waals surface area contributed by atoms with Crippen LogP contribution in [0.1, 0.15) is 18.4 Å². The third-order valence-corrected chi connectivity index (χ3v) is 2.98. The molecule has 0 bridgehead atoms. The van der Waals surface area contributed by atoms with Crippen LogP contribution in [0.5, 0.6) is 0 Å². The van der Waals surface area contributed by atoms with Crippen LogP contribution >= 0.6 is 0 Å². The Kier molecular flexibility index (Phi) is 3.57. The lowest BCUT2D eigenvalue weighted by atomic mass is 10.2. The number of aliphatic carboxylic acids is 1. The molecule has 0 aliphatic heterocycles. The summed E-state index contributed by atoms with van der Waals surface area (Å²) in [5.74, 6) is -0.429. The van der Waals surface area contributed by atoms with Crippen molar-refractivity contribution >= 4 is 5.97 Å². The maximum absolute atomic E-state index is 10.6. The molecule has 0 spiro atoms. The monoisotopic (exact) mass is 220 g/mol. The van der Waals surface area contributed by atoms with Gasteiger partial charge in [-0.1, -0.05) is 30.3 Å². The van der Waals surface area contributed by atoms with Gasteiger partial charge in [-0.05, 0) is 24.3 Å². The van der Waals surface area contributed by atoms with E-state index in [4.69, 9.17) is 9.84 Å². The van der Waals surface area contributed by atoms with Crippen LogP contribution < -0.4 is 0 Å². The minimum Gasteiger partial charge on any atom is -0.481 e. The highest BCUT2D eigenvalue weighted by Gasteiger charge is 2.42. The van der Waals surface area contributed by atoms with Crippen molar-refractivity contribution in [1.29, 1.82) is 0 Å². The van der Waals surface area contributed by atoms with Crippen LogP contribution in [0.2, 0.25) is 0 Å². The lowest BCUT2D eigenvalue weighted by Crippen LogP contribution is -2.02. The molecule has 0 amide bonds. The summed E-state index contributed by atoms with van der Waals surface area (Å²) >= 11 is 0. The summed E-state index contributed by atoms with van der Waals surface area (Å²) < 4.78 is 5.51. The molecule has 1 aliphatic rings. The Morgan fingerprint density at radius 3 is 2.75 bits per heavy atom. The fourth-order valence-corrected chi connectivity index (χ4v) is 1.87. The average Bonchev–Trinajstić information content (AvgIpc) is 3.05. The molecule has 1 fully saturated rings. The second-order valence-corrected chi connectivity index (χ2v) is 4.27. The Balaban J connectivity index is 1.58. The van der Waals surface area contributed by atoms with Crippen molar-refractivity contribution in [2.45, 2.75) is 19.4 Å². The molecule has 3 nitrogen and oxygen atoms in total. The zero-order valence-electron chi connectivity index (χ0n) is 9.13. The number of ether oxygens (including phenoxy) is 1. The second-order valence-electron chi connectivity index (χ2n) is 4.27. The van der Waals surface area contributed by atoms with Crippen LogP contribution in [0.15, 0.2) is 30.3 Å². The fraction of sp³-hybridized carbons (Fsp3) is 0.462. The van der Waals surface area contributed by atoms with Crippen molar-refractivity contribution in [3.05, 3.63) is 35.9 Å². The minimum atomic E-state index is -0.659. The summed E-state index contributed by atoms with van der Waals surface area (Å²) in [5, 5.41) is 8.72. The van der Waals surface area contributed by atoms with E-state index in [1.54, 1.807) is 0 Å². The van der Waals surface area contributed by atoms with E-state index in [1.807, 2.05) is 30.3 Å². The maximum Gasteiger partial charge on any atom is 0.306 e. The van der Waals surface area contributed by atoms with Gasteiger partial charge < -0.3 is 9.84 Å². The number of hydrogen-bond acceptors (Lipinski definition) is 2. The van der Waals surface area contributed by atoms with E-state index in [9.17, 15) is 4.79 Å². The van der Waals surface area contributed by atoms with Crippen LogP contribution in [0.3, 0.4) is 0 Å². The molecule has 1 aliphatic carbocycles. The first-order valence-corrected chi connectivity index (χ1v) is 5.62. The smallest absolute Gasteiger partial charge is 0.306 e. The van der Waals surface area contributed by atoms with Crippen LogP contribution in [0.4, 0.5) is 0 Å². The van der Waals surface area contributed by atoms with Gasteiger partial charge in [0.1, 0.15) is 0 Å². The van der Waals surface area contributed by atoms with Crippen molar-refractivity contribution in [3.8, 4) is 0 Å². The summed E-state index contributed by atoms with van der Waals surface area (Å²) in [6, 6.07) is 10.00. The van der Waals surface area contributed by atoms with Crippen LogP contribution in [0, 0.1) is 11.8 Å². The molecule has 0 heterocycles. The lowest BCUT2D eigenvalue weighted by molar-refractivity contribution is -0.138. The molecular weight excluding hydrogens is 204 g/mol. The summed E-state index contributed by atoms with van der Waals surface area (Å²) in [6.07, 6.45) is 1.69. The van der Waals surface area contributed by atoms with Crippen molar-refractivity contribution in [1.82, 2.24) is 0 Å². The van der Waals surface area contributed by atoms with E-state index in [1.165, 1.54) is 0 Å². The highest BCUT2D eigenvalue weighted by atomic mass is 16.5. The highest BCUT2D eigenvalue weighted by Crippen LogP contribution is 2.41. The van der Waals surface area contributed by atoms with Crippen LogP contribution in [-0.2, 0) is 16.1 Å². The standard InChI is InChI=1S/C13H16O3/c14-13(15)12-8-11(12)6-7-16-9-10-4-2-1-3-5-10/h1-5,11-12H,6-9H2,(H,14,15). The van der Waals surface area contributed by atoms with E-state index in [-0.39, 0.29) is 5.92 Å². The van der Waals surface area contributed by atoms with E-state index in [0.717, 1.165) is 18.4 Å². The molecule has 2 rings (SSSR count). The van der Waals surface area contributed by atoms with E-state index < -0.39 is 5.97 Å². The summed E-state index contributed by atoms with van der Waals surface area (Å²) in [5.41, 5.74) is 1.16. The quantitative estimate of drug-likeness (QED) is 0.748. The van der Waals surface area contributed by atoms with Gasteiger partial charge in [0, 0.05) is 6.61 Å². The van der Waals surface area contributed by atoms with Crippen molar-refractivity contribution in [2.75, 3.05) is 6.61 Å². The molecular formula is C13H16O3. The predicted molar refractivity (Wildman–Crippen MR) is 59.9 cm³/mol. The van der Waals surface area contributed by atoms with E-state index in [2.05, 4.69) is 0 Å². The first-order chi connectivity index (χ1) is 7.77. The van der Waals surface area contributed by atoms with E-state index >= 15 is 0 Å². The molecule has 0 aromatic heterocycles. The van der Waals surface area contributed by atoms with Crippen molar-refractivity contribution in [3.63, 3.8) is 0 Å². The van der Waals surface area contributed by atoms with Crippen molar-refractivity contribution in [2.24, 2.45) is 11.8 Å². The molecule has 2 unspecified atom stereocenters. The third-order valence-electron chi connectivity index (χ3n) is 2.98. The maximum atomic E-state index is 10.6. The molecule has 1 aromatic rings. The Labute approximate surface area is 95.0 Å². The van der Waals surface area contributed by atoms with Crippen LogP contribution in [0.25, 0.3) is 0 Å². The van der Waals surface area contributed by atoms with Crippen LogP contribution in [-0.4, -0.2) is 17.7 Å². The second kappa shape index (κ2) is 5.12. The van der Waals surface area contributed by atoms with Gasteiger partial charge in [0.05, 0.1) is 12.5 Å². The number of carbonyl (C=O) groups is 1. The SMILES string of the molecule is O=C(O)C1CC1CCOCc1ccccc1. The predicted octanol–water partition coefficient (Wildman–Crippen LogP) is 2.31. The Hall–Kier alpha value is -1.35. The molecule has 1 aromatic carbocycles. The molecule has 3 heteroatoms. The zero-order valence-corrected chi connectivity index (χ0v) is 9.13. The van der Waals surface area contributed by atoms with Gasteiger partial charge in [0.25, 0.3) is 0 Å². The van der Waals surface area contributed by atoms with Gasteiger partial charge in [-0.15, -0.1) is 0 Å². The summed E-state index contributed by atoms with van der Waals surface area (Å²) in [4.78, 5) is 10.6. The Morgan fingerprint density at radius 1 is 1.38 bits per heavy atom. The Morgan fingerprint density at radius 2 is 2.12 bits per heavy atom. The molecule has 1 saturated carbocycles. The number of rotatable bonds is 6. The zero-order chi connectivity index (χ0) is 11.4. The largest absolute Gasteiger partial charge is 0.481 e. The van der Waals surface area contributed by atoms with Gasteiger partial charge in [-0.3, -0.25) is 4.79 Å². The topological polar surface area (TPSA) is 46.5 Å². The number of carboxylic acid groups (broad SMARTS) is 1. The van der Waals surface area contributed by atoms with Gasteiger partial charge in [0.15, 0.2) is 0 Å². The molecule has 2 atom stereocenters. The average molecular weight is 220 g/mol. The summed E-state index contributed by atoms with van der Waals surface area (Å²) in [7, 11) is 0. The minimum absolute atomic E-state index is 0.111. The number of benzene rings is 1. The van der Waals surface area contributed by atoms with Crippen molar-refractivity contribution < 1.29 is 14.6 Å². The first kappa shape index (κ1) is 11.1. The Bertz CT molecular complexity index is 347. The van der Waals surface area contributed by atoms with Gasteiger partial charge in [-0.2, -0.15) is 0 Å². The fourth-order valence-electron chi connectivity index (χ4n) is 1.87. The van der Waals surface area contributed by atoms with E-state index in [0.29, 0.717) is 19.1 Å². The first-order valence-electron chi connectivity index (χ1n) is 5.62. The number of carboxylic acids is 1. The molecule has 16 heavy (non-hydrogen) atoms. The lowest BCUT2D eigenvalue weighted by Gasteiger charge is -2.03.